The summed E-state index contributed by atoms with van der Waals surface area (Å²) >= 11 is 0. The second-order valence-electron chi connectivity index (χ2n) is 3.38. The lowest BCUT2D eigenvalue weighted by Crippen LogP contribution is -2.03. The molecule has 0 N–H and O–H groups in total. The number of aryl methyl sites for hydroxylation is 1. The molecule has 0 amide bonds. The molecule has 13 heavy (non-hydrogen) atoms. The minimum absolute atomic E-state index is 0.340. The Labute approximate surface area is 76.6 Å². The van der Waals surface area contributed by atoms with Gasteiger partial charge in [0, 0.05) is 6.04 Å². The molecule has 0 bridgehead atoms. The Balaban J connectivity index is 2.75. The van der Waals surface area contributed by atoms with E-state index in [0.29, 0.717) is 6.04 Å². The quantitative estimate of drug-likeness (QED) is 0.664. The minimum Gasteiger partial charge on any atom is -0.245 e. The van der Waals surface area contributed by atoms with Crippen molar-refractivity contribution in [3.63, 3.8) is 0 Å². The Morgan fingerprint density at radius 1 is 1.31 bits per heavy atom. The van der Waals surface area contributed by atoms with Gasteiger partial charge in [-0.3, -0.25) is 0 Å². The Bertz CT molecular complexity index is 430. The Morgan fingerprint density at radius 2 is 2.08 bits per heavy atom. The van der Waals surface area contributed by atoms with Crippen LogP contribution in [0.25, 0.3) is 11.0 Å². The number of rotatable bonds is 1. The topological polar surface area (TPSA) is 43.6 Å². The molecule has 0 aliphatic heterocycles. The fourth-order valence-electron chi connectivity index (χ4n) is 1.36. The molecular weight excluding hydrogens is 164 g/mol. The summed E-state index contributed by atoms with van der Waals surface area (Å²) in [6, 6.07) is 0.340. The second-order valence-corrected chi connectivity index (χ2v) is 3.38. The lowest BCUT2D eigenvalue weighted by molar-refractivity contribution is 0.546. The van der Waals surface area contributed by atoms with E-state index in [4.69, 9.17) is 0 Å². The summed E-state index contributed by atoms with van der Waals surface area (Å²) in [6.07, 6.45) is 3.41. The van der Waals surface area contributed by atoms with E-state index in [1.54, 1.807) is 6.33 Å². The van der Waals surface area contributed by atoms with Gasteiger partial charge in [0.15, 0.2) is 5.65 Å². The van der Waals surface area contributed by atoms with Gasteiger partial charge in [-0.25, -0.2) is 14.6 Å². The molecular formula is C9H12N4. The second kappa shape index (κ2) is 2.80. The molecule has 2 aromatic heterocycles. The molecule has 0 aliphatic carbocycles. The first-order chi connectivity index (χ1) is 6.20. The first-order valence-corrected chi connectivity index (χ1v) is 4.35. The molecule has 0 saturated heterocycles. The molecule has 0 atom stereocenters. The maximum Gasteiger partial charge on any atom is 0.161 e. The summed E-state index contributed by atoms with van der Waals surface area (Å²) in [5.74, 6) is 0. The lowest BCUT2D eigenvalue weighted by Gasteiger charge is -2.05. The van der Waals surface area contributed by atoms with E-state index < -0.39 is 0 Å². The van der Waals surface area contributed by atoms with E-state index >= 15 is 0 Å². The van der Waals surface area contributed by atoms with E-state index in [2.05, 4.69) is 28.9 Å². The van der Waals surface area contributed by atoms with E-state index in [9.17, 15) is 0 Å². The molecule has 0 saturated carbocycles. The van der Waals surface area contributed by atoms with E-state index in [0.717, 1.165) is 16.7 Å². The smallest absolute Gasteiger partial charge is 0.161 e. The summed E-state index contributed by atoms with van der Waals surface area (Å²) in [7, 11) is 0. The van der Waals surface area contributed by atoms with Crippen LogP contribution in [0.5, 0.6) is 0 Å². The van der Waals surface area contributed by atoms with Gasteiger partial charge in [0.1, 0.15) is 6.33 Å². The van der Waals surface area contributed by atoms with Crippen molar-refractivity contribution in [2.45, 2.75) is 26.8 Å². The monoisotopic (exact) mass is 176 g/mol. The molecule has 0 fully saturated rings. The average Bonchev–Trinajstić information content (AvgIpc) is 2.48. The Morgan fingerprint density at radius 3 is 2.77 bits per heavy atom. The average molecular weight is 176 g/mol. The molecule has 0 unspecified atom stereocenters. The molecule has 0 radical (unpaired) electrons. The van der Waals surface area contributed by atoms with Crippen molar-refractivity contribution in [1.82, 2.24) is 19.7 Å². The van der Waals surface area contributed by atoms with Gasteiger partial charge < -0.3 is 0 Å². The van der Waals surface area contributed by atoms with Crippen LogP contribution in [0.15, 0.2) is 12.5 Å². The number of hydrogen-bond acceptors (Lipinski definition) is 3. The number of hydrogen-bond donors (Lipinski definition) is 0. The summed E-state index contributed by atoms with van der Waals surface area (Å²) in [5.41, 5.74) is 1.90. The van der Waals surface area contributed by atoms with E-state index in [1.807, 2.05) is 17.8 Å². The molecule has 2 heterocycles. The third-order valence-corrected chi connectivity index (χ3v) is 2.08. The standard InChI is InChI=1S/C9H12N4/c1-6(2)13-9-8(4-12-13)7(3)10-5-11-9/h4-6H,1-3H3. The van der Waals surface area contributed by atoms with Crippen molar-refractivity contribution in [3.05, 3.63) is 18.2 Å². The summed E-state index contributed by atoms with van der Waals surface area (Å²) < 4.78 is 1.91. The van der Waals surface area contributed by atoms with Crippen LogP contribution in [0.2, 0.25) is 0 Å². The van der Waals surface area contributed by atoms with E-state index in [-0.39, 0.29) is 0 Å². The highest BCUT2D eigenvalue weighted by Gasteiger charge is 2.08. The van der Waals surface area contributed by atoms with Crippen LogP contribution < -0.4 is 0 Å². The van der Waals surface area contributed by atoms with E-state index in [1.165, 1.54) is 0 Å². The lowest BCUT2D eigenvalue weighted by atomic mass is 10.3. The molecule has 0 aromatic carbocycles. The zero-order valence-corrected chi connectivity index (χ0v) is 8.02. The zero-order chi connectivity index (χ0) is 9.42. The zero-order valence-electron chi connectivity index (χ0n) is 8.02. The van der Waals surface area contributed by atoms with Gasteiger partial charge in [0.2, 0.25) is 0 Å². The number of aromatic nitrogens is 4. The highest BCUT2D eigenvalue weighted by molar-refractivity contribution is 5.76. The Kier molecular flexibility index (Phi) is 1.76. The summed E-state index contributed by atoms with van der Waals surface area (Å²) in [4.78, 5) is 8.33. The molecule has 4 heteroatoms. The van der Waals surface area contributed by atoms with Gasteiger partial charge in [-0.1, -0.05) is 0 Å². The third-order valence-electron chi connectivity index (χ3n) is 2.08. The van der Waals surface area contributed by atoms with Crippen molar-refractivity contribution < 1.29 is 0 Å². The van der Waals surface area contributed by atoms with Gasteiger partial charge in [-0.15, -0.1) is 0 Å². The van der Waals surface area contributed by atoms with Crippen LogP contribution in [-0.4, -0.2) is 19.7 Å². The predicted octanol–water partition coefficient (Wildman–Crippen LogP) is 1.72. The van der Waals surface area contributed by atoms with Crippen LogP contribution in [0.4, 0.5) is 0 Å². The first-order valence-electron chi connectivity index (χ1n) is 4.35. The Hall–Kier alpha value is -1.45. The maximum absolute atomic E-state index is 4.27. The summed E-state index contributed by atoms with van der Waals surface area (Å²) in [5, 5.41) is 5.31. The highest BCUT2D eigenvalue weighted by Crippen LogP contribution is 2.16. The van der Waals surface area contributed by atoms with Crippen molar-refractivity contribution in [2.75, 3.05) is 0 Å². The predicted molar refractivity (Wildman–Crippen MR) is 50.4 cm³/mol. The van der Waals surface area contributed by atoms with Crippen molar-refractivity contribution in [3.8, 4) is 0 Å². The molecule has 4 nitrogen and oxygen atoms in total. The van der Waals surface area contributed by atoms with Crippen molar-refractivity contribution >= 4 is 11.0 Å². The largest absolute Gasteiger partial charge is 0.245 e. The third kappa shape index (κ3) is 1.18. The SMILES string of the molecule is Cc1ncnc2c1cnn2C(C)C. The number of nitrogens with zero attached hydrogens (tertiary/aromatic N) is 4. The van der Waals surface area contributed by atoms with Crippen molar-refractivity contribution in [2.24, 2.45) is 0 Å². The maximum atomic E-state index is 4.27. The first kappa shape index (κ1) is 8.16. The molecule has 68 valence electrons. The normalized spacial score (nSPS) is 11.4. The molecule has 0 spiro atoms. The van der Waals surface area contributed by atoms with Crippen molar-refractivity contribution in [1.29, 1.82) is 0 Å². The summed E-state index contributed by atoms with van der Waals surface area (Å²) in [6.45, 7) is 6.14. The fourth-order valence-corrected chi connectivity index (χ4v) is 1.36. The molecule has 2 aromatic rings. The van der Waals surface area contributed by atoms with Gasteiger partial charge in [-0.2, -0.15) is 5.10 Å². The van der Waals surface area contributed by atoms with Gasteiger partial charge in [0.05, 0.1) is 17.3 Å². The van der Waals surface area contributed by atoms with Crippen LogP contribution in [-0.2, 0) is 0 Å². The van der Waals surface area contributed by atoms with Crippen LogP contribution in [0.3, 0.4) is 0 Å². The molecule has 2 rings (SSSR count). The number of fused-ring (bicyclic) bond motifs is 1. The van der Waals surface area contributed by atoms with Gasteiger partial charge in [0.25, 0.3) is 0 Å². The van der Waals surface area contributed by atoms with Gasteiger partial charge >= 0.3 is 0 Å². The van der Waals surface area contributed by atoms with Gasteiger partial charge in [-0.05, 0) is 20.8 Å². The highest BCUT2D eigenvalue weighted by atomic mass is 15.3. The van der Waals surface area contributed by atoms with Crippen LogP contribution in [0, 0.1) is 6.92 Å². The molecule has 0 aliphatic rings. The van der Waals surface area contributed by atoms with Crippen LogP contribution >= 0.6 is 0 Å². The van der Waals surface area contributed by atoms with Crippen LogP contribution in [0.1, 0.15) is 25.6 Å². The minimum atomic E-state index is 0.340. The fraction of sp³-hybridized carbons (Fsp3) is 0.444.